The van der Waals surface area contributed by atoms with E-state index in [-0.39, 0.29) is 17.5 Å². The van der Waals surface area contributed by atoms with Gasteiger partial charge in [-0.3, -0.25) is 4.79 Å². The molecule has 1 aromatic carbocycles. The molecule has 166 valence electrons. The summed E-state index contributed by atoms with van der Waals surface area (Å²) < 4.78 is 32.7. The molecule has 33 heavy (non-hydrogen) atoms. The number of fused-ring (bicyclic) bond motifs is 2. The minimum Gasteiger partial charge on any atom is -0.435 e. The first-order valence-electron chi connectivity index (χ1n) is 10.2. The van der Waals surface area contributed by atoms with Crippen LogP contribution in [0.2, 0.25) is 0 Å². The predicted octanol–water partition coefficient (Wildman–Crippen LogP) is 3.45. The van der Waals surface area contributed by atoms with Crippen molar-refractivity contribution in [2.24, 2.45) is 0 Å². The number of likely N-dealkylation sites (tertiary alicyclic amines) is 1. The fourth-order valence-corrected chi connectivity index (χ4v) is 4.04. The number of nitrogens with zero attached hydrogens (tertiary/aromatic N) is 5. The van der Waals surface area contributed by atoms with E-state index >= 15 is 0 Å². The van der Waals surface area contributed by atoms with Gasteiger partial charge < -0.3 is 19.6 Å². The van der Waals surface area contributed by atoms with Gasteiger partial charge in [-0.25, -0.2) is 15.0 Å². The molecule has 10 heteroatoms. The molecule has 0 spiro atoms. The van der Waals surface area contributed by atoms with Gasteiger partial charge in [0.2, 0.25) is 5.91 Å². The van der Waals surface area contributed by atoms with Gasteiger partial charge in [-0.1, -0.05) is 18.4 Å². The lowest BCUT2D eigenvalue weighted by molar-refractivity contribution is -0.125. The first kappa shape index (κ1) is 20.6. The van der Waals surface area contributed by atoms with E-state index in [9.17, 15) is 13.6 Å². The number of carbonyl (C=O) groups excluding carboxylic acids is 1. The molecule has 0 aliphatic carbocycles. The highest BCUT2D eigenvalue weighted by Gasteiger charge is 2.28. The van der Waals surface area contributed by atoms with Gasteiger partial charge in [0.05, 0.1) is 17.0 Å². The Morgan fingerprint density at radius 3 is 2.97 bits per heavy atom. The Hall–Kier alpha value is -4.26. The van der Waals surface area contributed by atoms with E-state index in [1.54, 1.807) is 23.1 Å². The van der Waals surface area contributed by atoms with Gasteiger partial charge in [-0.2, -0.15) is 8.78 Å². The van der Waals surface area contributed by atoms with Crippen molar-refractivity contribution >= 4 is 33.9 Å². The Morgan fingerprint density at radius 1 is 1.33 bits per heavy atom. The van der Waals surface area contributed by atoms with Crippen molar-refractivity contribution in [3.05, 3.63) is 60.4 Å². The maximum Gasteiger partial charge on any atom is 0.313 e. The van der Waals surface area contributed by atoms with E-state index in [2.05, 4.69) is 33.4 Å². The highest BCUT2D eigenvalue weighted by atomic mass is 19.3. The molecule has 1 saturated heterocycles. The van der Waals surface area contributed by atoms with E-state index in [1.165, 1.54) is 12.4 Å². The number of hydrogen-bond acceptors (Lipinski definition) is 6. The summed E-state index contributed by atoms with van der Waals surface area (Å²) in [6, 6.07) is 4.83. The summed E-state index contributed by atoms with van der Waals surface area (Å²) >= 11 is 0. The van der Waals surface area contributed by atoms with Crippen molar-refractivity contribution in [1.29, 1.82) is 0 Å². The summed E-state index contributed by atoms with van der Waals surface area (Å²) in [6.07, 6.45) is 2.54. The Bertz CT molecular complexity index is 1460. The number of amides is 1. The van der Waals surface area contributed by atoms with Crippen LogP contribution in [0.3, 0.4) is 0 Å². The molecular formula is C23H18F2N6O2. The number of alkyl halides is 2. The summed E-state index contributed by atoms with van der Waals surface area (Å²) in [7, 11) is 0. The number of nitrogen functional groups attached to an aromatic ring is 1. The molecule has 1 atom stereocenters. The van der Waals surface area contributed by atoms with Crippen LogP contribution in [-0.2, 0) is 4.79 Å². The zero-order chi connectivity index (χ0) is 23.1. The molecule has 4 aromatic rings. The second-order valence-electron chi connectivity index (χ2n) is 7.62. The van der Waals surface area contributed by atoms with Crippen LogP contribution in [0.5, 0.6) is 0 Å². The van der Waals surface area contributed by atoms with E-state index in [1.807, 2.05) is 10.8 Å². The Balaban J connectivity index is 1.52. The smallest absolute Gasteiger partial charge is 0.313 e. The number of benzene rings is 1. The summed E-state index contributed by atoms with van der Waals surface area (Å²) in [6.45, 7) is 4.70. The third-order valence-corrected chi connectivity index (χ3v) is 5.61. The molecule has 0 bridgehead atoms. The quantitative estimate of drug-likeness (QED) is 0.380. The molecule has 1 fully saturated rings. The molecule has 1 amide bonds. The third kappa shape index (κ3) is 3.67. The Morgan fingerprint density at radius 2 is 2.18 bits per heavy atom. The van der Waals surface area contributed by atoms with E-state index in [4.69, 9.17) is 10.2 Å². The molecule has 8 nitrogen and oxygen atoms in total. The van der Waals surface area contributed by atoms with Crippen molar-refractivity contribution in [2.45, 2.75) is 18.9 Å². The normalized spacial score (nSPS) is 15.8. The topological polar surface area (TPSA) is 103 Å². The first-order valence-corrected chi connectivity index (χ1v) is 10.2. The van der Waals surface area contributed by atoms with Crippen LogP contribution in [-0.4, -0.2) is 43.4 Å². The van der Waals surface area contributed by atoms with Crippen LogP contribution in [0.4, 0.5) is 14.6 Å². The van der Waals surface area contributed by atoms with Crippen LogP contribution >= 0.6 is 0 Å². The van der Waals surface area contributed by atoms with Crippen molar-refractivity contribution < 1.29 is 18.0 Å². The average molecular weight is 448 g/mol. The Kier molecular flexibility index (Phi) is 5.01. The van der Waals surface area contributed by atoms with Gasteiger partial charge in [0.1, 0.15) is 23.3 Å². The van der Waals surface area contributed by atoms with Crippen molar-refractivity contribution in [3.63, 3.8) is 0 Å². The number of oxazole rings is 1. The lowest BCUT2D eigenvalue weighted by Crippen LogP contribution is -2.27. The maximum atomic E-state index is 12.8. The molecule has 5 rings (SSSR count). The number of carbonyl (C=O) groups is 1. The van der Waals surface area contributed by atoms with Gasteiger partial charge in [0.15, 0.2) is 5.58 Å². The molecule has 0 saturated carbocycles. The predicted molar refractivity (Wildman–Crippen MR) is 117 cm³/mol. The van der Waals surface area contributed by atoms with Crippen molar-refractivity contribution in [3.8, 4) is 11.8 Å². The largest absolute Gasteiger partial charge is 0.435 e. The van der Waals surface area contributed by atoms with Crippen molar-refractivity contribution in [2.75, 3.05) is 18.8 Å². The summed E-state index contributed by atoms with van der Waals surface area (Å²) in [4.78, 5) is 26.0. The van der Waals surface area contributed by atoms with Gasteiger partial charge in [-0.15, -0.1) is 0 Å². The van der Waals surface area contributed by atoms with E-state index < -0.39 is 12.3 Å². The molecule has 1 aliphatic rings. The highest BCUT2D eigenvalue weighted by Crippen LogP contribution is 2.31. The van der Waals surface area contributed by atoms with Crippen molar-refractivity contribution in [1.82, 2.24) is 24.4 Å². The number of hydrogen-bond donors (Lipinski definition) is 1. The van der Waals surface area contributed by atoms with E-state index in [0.717, 1.165) is 6.42 Å². The van der Waals surface area contributed by atoms with Gasteiger partial charge in [0.25, 0.3) is 5.89 Å². The molecule has 4 heterocycles. The van der Waals surface area contributed by atoms with Crippen LogP contribution in [0.25, 0.3) is 22.1 Å². The lowest BCUT2D eigenvalue weighted by Gasteiger charge is -2.15. The van der Waals surface area contributed by atoms with Crippen LogP contribution in [0.15, 0.2) is 47.8 Å². The van der Waals surface area contributed by atoms with Gasteiger partial charge in [0, 0.05) is 24.8 Å². The molecule has 0 unspecified atom stereocenters. The molecule has 2 N–H and O–H groups in total. The number of nitrogens with two attached hydrogens (primary N) is 1. The first-order chi connectivity index (χ1) is 15.9. The molecule has 1 aliphatic heterocycles. The second-order valence-corrected chi connectivity index (χ2v) is 7.62. The fraction of sp³-hybridized carbons (Fsp3) is 0.217. The summed E-state index contributed by atoms with van der Waals surface area (Å²) in [5.74, 6) is 5.69. The zero-order valence-electron chi connectivity index (χ0n) is 17.3. The van der Waals surface area contributed by atoms with Crippen LogP contribution in [0, 0.1) is 11.8 Å². The lowest BCUT2D eigenvalue weighted by atomic mass is 10.2. The number of rotatable bonds is 3. The second kappa shape index (κ2) is 8.02. The highest BCUT2D eigenvalue weighted by molar-refractivity contribution is 5.92. The Labute approximate surface area is 186 Å². The standard InChI is InChI=1S/C23H18F2N6O2/c1-2-18(32)30-8-7-15(11-30)31-10-14(19-21(26)27-12-28-22(19)31)5-3-13-4-6-17-16(9-13)29-23(33-17)20(24)25/h2,4,6,9-10,12,15,20H,1,7-8,11H2,(H2,26,27,28)/t15-/m0/s1. The van der Waals surface area contributed by atoms with E-state index in [0.29, 0.717) is 46.6 Å². The molecule has 0 radical (unpaired) electrons. The summed E-state index contributed by atoms with van der Waals surface area (Å²) in [5, 5.41) is 0.626. The SMILES string of the molecule is C=CC(=O)N1CC[C@H](n2cc(C#Cc3ccc4oc(C(F)F)nc4c3)c3c(N)ncnc32)C1. The fourth-order valence-electron chi connectivity index (χ4n) is 4.04. The zero-order valence-corrected chi connectivity index (χ0v) is 17.3. The van der Waals surface area contributed by atoms with Crippen LogP contribution < -0.4 is 5.73 Å². The third-order valence-electron chi connectivity index (χ3n) is 5.61. The van der Waals surface area contributed by atoms with Crippen LogP contribution in [0.1, 0.15) is 35.9 Å². The number of halogens is 2. The summed E-state index contributed by atoms with van der Waals surface area (Å²) in [5.41, 5.74) is 8.56. The van der Waals surface area contributed by atoms with Gasteiger partial charge >= 0.3 is 6.43 Å². The number of anilines is 1. The minimum absolute atomic E-state index is 0.0144. The number of aromatic nitrogens is 4. The van der Waals surface area contributed by atoms with Gasteiger partial charge in [-0.05, 0) is 30.7 Å². The average Bonchev–Trinajstić information content (AvgIpc) is 3.53. The maximum absolute atomic E-state index is 12.8. The molecular weight excluding hydrogens is 430 g/mol. The monoisotopic (exact) mass is 448 g/mol. The minimum atomic E-state index is -2.78. The molecule has 3 aromatic heterocycles.